The van der Waals surface area contributed by atoms with Gasteiger partial charge in [0.05, 0.1) is 38.3 Å². The first-order chi connectivity index (χ1) is 17.7. The van der Waals surface area contributed by atoms with Gasteiger partial charge in [-0.25, -0.2) is 9.97 Å². The quantitative estimate of drug-likeness (QED) is 0.321. The molecule has 1 N–H and O–H groups in total. The molecular weight excluding hydrogens is 472 g/mol. The third-order valence-corrected chi connectivity index (χ3v) is 7.45. The van der Waals surface area contributed by atoms with Crippen LogP contribution in [0.5, 0.6) is 5.75 Å². The van der Waals surface area contributed by atoms with E-state index in [0.29, 0.717) is 26.3 Å². The Morgan fingerprint density at radius 3 is 2.89 bits per heavy atom. The highest BCUT2D eigenvalue weighted by Gasteiger charge is 2.26. The number of benzene rings is 2. The number of hydrogen-bond acceptors (Lipinski definition) is 7. The van der Waals surface area contributed by atoms with Gasteiger partial charge in [0, 0.05) is 11.4 Å². The number of hydrogen-bond donors (Lipinski definition) is 1. The number of nitrogens with zero attached hydrogens (tertiary/aromatic N) is 3. The Balaban J connectivity index is 1.39. The number of rotatable bonds is 9. The summed E-state index contributed by atoms with van der Waals surface area (Å²) in [6.45, 7) is 5.79. The summed E-state index contributed by atoms with van der Waals surface area (Å²) in [5.74, 6) is 1.56. The molecule has 3 heterocycles. The Hall–Kier alpha value is -3.75. The van der Waals surface area contributed by atoms with Crippen molar-refractivity contribution in [2.45, 2.75) is 25.6 Å². The van der Waals surface area contributed by atoms with Gasteiger partial charge in [0.2, 0.25) is 5.91 Å². The van der Waals surface area contributed by atoms with E-state index in [4.69, 9.17) is 9.47 Å². The lowest BCUT2D eigenvalue weighted by Gasteiger charge is -2.26. The predicted octanol–water partition coefficient (Wildman–Crippen LogP) is 5.14. The van der Waals surface area contributed by atoms with E-state index in [9.17, 15) is 4.79 Å². The molecule has 36 heavy (non-hydrogen) atoms. The molecule has 2 aromatic carbocycles. The van der Waals surface area contributed by atoms with Crippen molar-refractivity contribution < 1.29 is 14.3 Å². The van der Waals surface area contributed by atoms with Gasteiger partial charge in [-0.1, -0.05) is 49.0 Å². The van der Waals surface area contributed by atoms with Crippen LogP contribution < -0.4 is 10.1 Å². The number of methoxy groups -OCH3 is 1. The number of ether oxygens (including phenoxy) is 2. The topological polar surface area (TPSA) is 76.6 Å². The fraction of sp³-hybridized carbons (Fsp3) is 0.250. The summed E-state index contributed by atoms with van der Waals surface area (Å²) in [7, 11) is 1.66. The molecule has 0 spiro atoms. The average molecular weight is 501 g/mol. The number of fused-ring (bicyclic) bond motifs is 3. The largest absolute Gasteiger partial charge is 0.497 e. The Morgan fingerprint density at radius 2 is 2.08 bits per heavy atom. The van der Waals surface area contributed by atoms with Crippen LogP contribution in [-0.4, -0.2) is 41.0 Å². The minimum atomic E-state index is -0.104. The van der Waals surface area contributed by atoms with Crippen molar-refractivity contribution in [2.75, 3.05) is 25.6 Å². The molecule has 0 saturated carbocycles. The number of aromatic nitrogens is 2. The van der Waals surface area contributed by atoms with E-state index in [-0.39, 0.29) is 11.9 Å². The summed E-state index contributed by atoms with van der Waals surface area (Å²) < 4.78 is 11.5. The van der Waals surface area contributed by atoms with E-state index in [1.54, 1.807) is 24.8 Å². The van der Waals surface area contributed by atoms with Gasteiger partial charge in [-0.2, -0.15) is 0 Å². The van der Waals surface area contributed by atoms with E-state index in [1.165, 1.54) is 11.6 Å². The first-order valence-corrected chi connectivity index (χ1v) is 12.7. The van der Waals surface area contributed by atoms with Gasteiger partial charge in [-0.3, -0.25) is 4.79 Å². The van der Waals surface area contributed by atoms with Crippen molar-refractivity contribution in [3.8, 4) is 5.75 Å². The lowest BCUT2D eigenvalue weighted by Crippen LogP contribution is -2.34. The summed E-state index contributed by atoms with van der Waals surface area (Å²) in [6.07, 6.45) is 3.73. The van der Waals surface area contributed by atoms with Crippen LogP contribution >= 0.6 is 11.3 Å². The number of anilines is 1. The molecule has 0 aliphatic carbocycles. The van der Waals surface area contributed by atoms with Crippen molar-refractivity contribution >= 4 is 33.3 Å². The molecule has 0 fully saturated rings. The molecule has 0 bridgehead atoms. The third-order valence-electron chi connectivity index (χ3n) is 6.32. The highest BCUT2D eigenvalue weighted by atomic mass is 32.1. The van der Waals surface area contributed by atoms with Crippen LogP contribution in [0.3, 0.4) is 0 Å². The maximum absolute atomic E-state index is 12.2. The lowest BCUT2D eigenvalue weighted by molar-refractivity contribution is -0.126. The van der Waals surface area contributed by atoms with Crippen LogP contribution in [0.15, 0.2) is 73.6 Å². The van der Waals surface area contributed by atoms with Gasteiger partial charge >= 0.3 is 0 Å². The highest BCUT2D eigenvalue weighted by Crippen LogP contribution is 2.38. The maximum atomic E-state index is 12.2. The number of carbonyl (C=O) groups is 1. The lowest BCUT2D eigenvalue weighted by atomic mass is 10.0. The van der Waals surface area contributed by atoms with E-state index < -0.39 is 0 Å². The van der Waals surface area contributed by atoms with Crippen molar-refractivity contribution in [3.63, 3.8) is 0 Å². The van der Waals surface area contributed by atoms with E-state index >= 15 is 0 Å². The summed E-state index contributed by atoms with van der Waals surface area (Å²) in [6, 6.07) is 18.0. The molecule has 7 nitrogen and oxygen atoms in total. The SMILES string of the molecule is C=CC(=O)N1CCc2c(sc3ncnc(N[C@H](COCc4cccc(OC)c4)c4ccccc4)c23)C1. The summed E-state index contributed by atoms with van der Waals surface area (Å²) in [5, 5.41) is 4.68. The molecule has 1 amide bonds. The van der Waals surface area contributed by atoms with Crippen LogP contribution in [0.2, 0.25) is 0 Å². The molecule has 4 aromatic rings. The van der Waals surface area contributed by atoms with E-state index in [1.807, 2.05) is 47.4 Å². The zero-order valence-electron chi connectivity index (χ0n) is 20.1. The first kappa shape index (κ1) is 24.0. The number of amides is 1. The van der Waals surface area contributed by atoms with Crippen molar-refractivity contribution in [1.29, 1.82) is 0 Å². The van der Waals surface area contributed by atoms with Gasteiger partial charge < -0.3 is 19.7 Å². The fourth-order valence-corrected chi connectivity index (χ4v) is 5.69. The Bertz CT molecular complexity index is 1370. The fourth-order valence-electron chi connectivity index (χ4n) is 4.48. The normalized spacial score (nSPS) is 13.8. The molecule has 1 aliphatic heterocycles. The molecule has 0 radical (unpaired) electrons. The molecule has 184 valence electrons. The minimum Gasteiger partial charge on any atom is -0.497 e. The molecular formula is C28H28N4O3S. The van der Waals surface area contributed by atoms with Crippen molar-refractivity contribution in [2.24, 2.45) is 0 Å². The Morgan fingerprint density at radius 1 is 1.22 bits per heavy atom. The van der Waals surface area contributed by atoms with Crippen LogP contribution in [0.25, 0.3) is 10.2 Å². The molecule has 5 rings (SSSR count). The number of nitrogens with one attached hydrogen (secondary N) is 1. The molecule has 2 aromatic heterocycles. The smallest absolute Gasteiger partial charge is 0.246 e. The van der Waals surface area contributed by atoms with Gasteiger partial charge in [-0.05, 0) is 41.3 Å². The van der Waals surface area contributed by atoms with Crippen LogP contribution in [0, 0.1) is 0 Å². The van der Waals surface area contributed by atoms with Crippen LogP contribution in [-0.2, 0) is 29.1 Å². The number of thiophene rings is 1. The average Bonchev–Trinajstić information content (AvgIpc) is 3.31. The third kappa shape index (κ3) is 5.10. The Kier molecular flexibility index (Phi) is 7.25. The second-order valence-corrected chi connectivity index (χ2v) is 9.68. The maximum Gasteiger partial charge on any atom is 0.246 e. The van der Waals surface area contributed by atoms with Gasteiger partial charge in [0.25, 0.3) is 0 Å². The van der Waals surface area contributed by atoms with Crippen LogP contribution in [0.1, 0.15) is 27.6 Å². The summed E-state index contributed by atoms with van der Waals surface area (Å²) >= 11 is 1.62. The van der Waals surface area contributed by atoms with Gasteiger partial charge in [0.1, 0.15) is 22.7 Å². The summed E-state index contributed by atoms with van der Waals surface area (Å²) in [5.41, 5.74) is 3.38. The van der Waals surface area contributed by atoms with Gasteiger partial charge in [0.15, 0.2) is 0 Å². The second-order valence-electron chi connectivity index (χ2n) is 8.59. The zero-order chi connectivity index (χ0) is 24.9. The van der Waals surface area contributed by atoms with Crippen LogP contribution in [0.4, 0.5) is 5.82 Å². The predicted molar refractivity (Wildman–Crippen MR) is 142 cm³/mol. The monoisotopic (exact) mass is 500 g/mol. The Labute approximate surface area is 214 Å². The molecule has 1 atom stereocenters. The van der Waals surface area contributed by atoms with E-state index in [2.05, 4.69) is 34.0 Å². The molecule has 0 unspecified atom stereocenters. The standard InChI is InChI=1S/C28H28N4O3S/c1-3-25(33)32-13-12-22-24(15-32)36-28-26(22)27(29-18-30-28)31-23(20-9-5-4-6-10-20)17-35-16-19-8-7-11-21(14-19)34-2/h3-11,14,18,23H,1,12-13,15-17H2,2H3,(H,29,30,31)/t23-/m1/s1. The second kappa shape index (κ2) is 10.9. The minimum absolute atomic E-state index is 0.0418. The zero-order valence-corrected chi connectivity index (χ0v) is 21.0. The number of carbonyl (C=O) groups excluding carboxylic acids is 1. The highest BCUT2D eigenvalue weighted by molar-refractivity contribution is 7.19. The van der Waals surface area contributed by atoms with E-state index in [0.717, 1.165) is 44.2 Å². The molecule has 8 heteroatoms. The molecule has 1 aliphatic rings. The van der Waals surface area contributed by atoms with Gasteiger partial charge in [-0.15, -0.1) is 11.3 Å². The van der Waals surface area contributed by atoms with Crippen molar-refractivity contribution in [1.82, 2.24) is 14.9 Å². The summed E-state index contributed by atoms with van der Waals surface area (Å²) in [4.78, 5) is 25.2. The van der Waals surface area contributed by atoms with Crippen molar-refractivity contribution in [3.05, 3.63) is 95.1 Å². The first-order valence-electron chi connectivity index (χ1n) is 11.8. The molecule has 0 saturated heterocycles.